The first-order valence-corrected chi connectivity index (χ1v) is 7.01. The first-order valence-electron chi connectivity index (χ1n) is 7.01. The number of rotatable bonds is 2. The zero-order chi connectivity index (χ0) is 14.8. The number of amides is 1. The number of piperidine rings is 1. The molecule has 20 heavy (non-hydrogen) atoms. The Morgan fingerprint density at radius 1 is 1.30 bits per heavy atom. The fraction of sp³-hybridized carbons (Fsp3) is 0.643. The van der Waals surface area contributed by atoms with E-state index in [0.717, 1.165) is 25.9 Å². The average molecular weight is 277 g/mol. The van der Waals surface area contributed by atoms with Crippen molar-refractivity contribution in [2.75, 3.05) is 18.5 Å². The van der Waals surface area contributed by atoms with Gasteiger partial charge in [0, 0.05) is 13.1 Å². The SMILES string of the molecule is CC(C)(C)C1CCN(C(=O)c2ccc(NN)nn2)CC1. The molecule has 1 saturated heterocycles. The summed E-state index contributed by atoms with van der Waals surface area (Å²) in [6.07, 6.45) is 2.09. The predicted molar refractivity (Wildman–Crippen MR) is 77.9 cm³/mol. The van der Waals surface area contributed by atoms with Gasteiger partial charge in [-0.2, -0.15) is 0 Å². The van der Waals surface area contributed by atoms with Gasteiger partial charge >= 0.3 is 0 Å². The molecule has 1 amide bonds. The molecule has 0 saturated carbocycles. The van der Waals surface area contributed by atoms with Crippen LogP contribution in [0.3, 0.4) is 0 Å². The highest BCUT2D eigenvalue weighted by Gasteiger charge is 2.31. The molecule has 1 aromatic rings. The van der Waals surface area contributed by atoms with Crippen molar-refractivity contribution in [3.8, 4) is 0 Å². The van der Waals surface area contributed by atoms with E-state index in [4.69, 9.17) is 5.84 Å². The molecular formula is C14H23N5O. The van der Waals surface area contributed by atoms with E-state index in [2.05, 4.69) is 36.4 Å². The second-order valence-electron chi connectivity index (χ2n) is 6.38. The number of anilines is 1. The molecular weight excluding hydrogens is 254 g/mol. The Morgan fingerprint density at radius 2 is 1.95 bits per heavy atom. The van der Waals surface area contributed by atoms with Gasteiger partial charge in [-0.25, -0.2) is 5.84 Å². The molecule has 6 heteroatoms. The molecule has 1 aromatic heterocycles. The Hall–Kier alpha value is -1.69. The van der Waals surface area contributed by atoms with Gasteiger partial charge in [-0.15, -0.1) is 10.2 Å². The van der Waals surface area contributed by atoms with Gasteiger partial charge in [0.1, 0.15) is 0 Å². The third-order valence-electron chi connectivity index (χ3n) is 4.04. The van der Waals surface area contributed by atoms with E-state index in [9.17, 15) is 4.79 Å². The van der Waals surface area contributed by atoms with Gasteiger partial charge in [-0.3, -0.25) is 4.79 Å². The number of nitrogens with zero attached hydrogens (tertiary/aromatic N) is 3. The van der Waals surface area contributed by atoms with Gasteiger partial charge in [-0.05, 0) is 36.3 Å². The lowest BCUT2D eigenvalue weighted by atomic mass is 9.75. The molecule has 0 spiro atoms. The lowest BCUT2D eigenvalue weighted by Crippen LogP contribution is -2.41. The summed E-state index contributed by atoms with van der Waals surface area (Å²) in [7, 11) is 0. The first kappa shape index (κ1) is 14.7. The van der Waals surface area contributed by atoms with E-state index < -0.39 is 0 Å². The van der Waals surface area contributed by atoms with Crippen molar-refractivity contribution >= 4 is 11.7 Å². The van der Waals surface area contributed by atoms with Gasteiger partial charge in [-0.1, -0.05) is 20.8 Å². The number of nitrogens with one attached hydrogen (secondary N) is 1. The van der Waals surface area contributed by atoms with Crippen molar-refractivity contribution < 1.29 is 4.79 Å². The number of hydrogen-bond donors (Lipinski definition) is 2. The summed E-state index contributed by atoms with van der Waals surface area (Å²) in [5.74, 6) is 6.30. The van der Waals surface area contributed by atoms with Crippen molar-refractivity contribution in [2.45, 2.75) is 33.6 Å². The Kier molecular flexibility index (Phi) is 4.23. The zero-order valence-corrected chi connectivity index (χ0v) is 12.4. The molecule has 1 aliphatic rings. The molecule has 6 nitrogen and oxygen atoms in total. The highest BCUT2D eigenvalue weighted by molar-refractivity contribution is 5.92. The number of aromatic nitrogens is 2. The fourth-order valence-corrected chi connectivity index (χ4v) is 2.63. The number of hydrazine groups is 1. The maximum absolute atomic E-state index is 12.3. The smallest absolute Gasteiger partial charge is 0.274 e. The third-order valence-corrected chi connectivity index (χ3v) is 4.04. The van der Waals surface area contributed by atoms with Crippen molar-refractivity contribution in [3.63, 3.8) is 0 Å². The van der Waals surface area contributed by atoms with Crippen molar-refractivity contribution in [1.29, 1.82) is 0 Å². The summed E-state index contributed by atoms with van der Waals surface area (Å²) in [5.41, 5.74) is 3.08. The van der Waals surface area contributed by atoms with E-state index in [0.29, 0.717) is 22.8 Å². The number of nitrogen functional groups attached to an aromatic ring is 1. The van der Waals surface area contributed by atoms with Crippen molar-refractivity contribution in [2.24, 2.45) is 17.2 Å². The van der Waals surface area contributed by atoms with E-state index >= 15 is 0 Å². The first-order chi connectivity index (χ1) is 9.41. The van der Waals surface area contributed by atoms with Crippen LogP contribution in [-0.4, -0.2) is 34.1 Å². The summed E-state index contributed by atoms with van der Waals surface area (Å²) in [6, 6.07) is 3.31. The average Bonchev–Trinajstić information content (AvgIpc) is 2.46. The third kappa shape index (κ3) is 3.25. The maximum Gasteiger partial charge on any atom is 0.274 e. The summed E-state index contributed by atoms with van der Waals surface area (Å²) >= 11 is 0. The van der Waals surface area contributed by atoms with E-state index in [1.165, 1.54) is 0 Å². The standard InChI is InChI=1S/C14H23N5O/c1-14(2,3)10-6-8-19(9-7-10)13(20)11-4-5-12(16-15)18-17-11/h4-5,10H,6-9,15H2,1-3H3,(H,16,18). The van der Waals surface area contributed by atoms with E-state index in [-0.39, 0.29) is 5.91 Å². The summed E-state index contributed by atoms with van der Waals surface area (Å²) < 4.78 is 0. The molecule has 1 fully saturated rings. The lowest BCUT2D eigenvalue weighted by Gasteiger charge is -2.38. The molecule has 1 aliphatic heterocycles. The zero-order valence-electron chi connectivity index (χ0n) is 12.4. The van der Waals surface area contributed by atoms with Crippen LogP contribution in [0.15, 0.2) is 12.1 Å². The highest BCUT2D eigenvalue weighted by Crippen LogP contribution is 2.34. The minimum Gasteiger partial charge on any atom is -0.337 e. The minimum absolute atomic E-state index is 0.0477. The maximum atomic E-state index is 12.3. The summed E-state index contributed by atoms with van der Waals surface area (Å²) in [5, 5.41) is 7.74. The lowest BCUT2D eigenvalue weighted by molar-refractivity contribution is 0.0602. The van der Waals surface area contributed by atoms with Crippen LogP contribution < -0.4 is 11.3 Å². The predicted octanol–water partition coefficient (Wildman–Crippen LogP) is 1.66. The van der Waals surface area contributed by atoms with Gasteiger partial charge in [0.2, 0.25) is 0 Å². The van der Waals surface area contributed by atoms with Gasteiger partial charge in [0.05, 0.1) is 0 Å². The molecule has 0 unspecified atom stereocenters. The topological polar surface area (TPSA) is 84.1 Å². The minimum atomic E-state index is -0.0477. The van der Waals surface area contributed by atoms with Crippen LogP contribution in [0, 0.1) is 11.3 Å². The van der Waals surface area contributed by atoms with Gasteiger partial charge in [0.25, 0.3) is 5.91 Å². The number of nitrogens with two attached hydrogens (primary N) is 1. The summed E-state index contributed by atoms with van der Waals surface area (Å²) in [6.45, 7) is 8.37. The fourth-order valence-electron chi connectivity index (χ4n) is 2.63. The van der Waals surface area contributed by atoms with Gasteiger partial charge < -0.3 is 10.3 Å². The Morgan fingerprint density at radius 3 is 2.40 bits per heavy atom. The van der Waals surface area contributed by atoms with Crippen molar-refractivity contribution in [1.82, 2.24) is 15.1 Å². The normalized spacial score (nSPS) is 17.1. The van der Waals surface area contributed by atoms with Crippen LogP contribution in [0.25, 0.3) is 0 Å². The number of carbonyl (C=O) groups excluding carboxylic acids is 1. The molecule has 0 atom stereocenters. The molecule has 0 bridgehead atoms. The number of carbonyl (C=O) groups is 1. The van der Waals surface area contributed by atoms with Crippen LogP contribution in [-0.2, 0) is 0 Å². The van der Waals surface area contributed by atoms with Crippen LogP contribution in [0.5, 0.6) is 0 Å². The highest BCUT2D eigenvalue weighted by atomic mass is 16.2. The number of likely N-dealkylation sites (tertiary alicyclic amines) is 1. The quantitative estimate of drug-likeness (QED) is 0.634. The molecule has 0 radical (unpaired) electrons. The van der Waals surface area contributed by atoms with Gasteiger partial charge in [0.15, 0.2) is 11.5 Å². The second kappa shape index (κ2) is 5.75. The Bertz CT molecular complexity index is 457. The molecule has 110 valence electrons. The number of hydrogen-bond acceptors (Lipinski definition) is 5. The molecule has 0 aliphatic carbocycles. The molecule has 2 heterocycles. The molecule has 0 aromatic carbocycles. The van der Waals surface area contributed by atoms with Crippen molar-refractivity contribution in [3.05, 3.63) is 17.8 Å². The molecule has 3 N–H and O–H groups in total. The van der Waals surface area contributed by atoms with Crippen LogP contribution in [0.2, 0.25) is 0 Å². The van der Waals surface area contributed by atoms with Crippen LogP contribution >= 0.6 is 0 Å². The van der Waals surface area contributed by atoms with E-state index in [1.54, 1.807) is 12.1 Å². The Labute approximate surface area is 119 Å². The molecule has 2 rings (SSSR count). The second-order valence-corrected chi connectivity index (χ2v) is 6.38. The van der Waals surface area contributed by atoms with E-state index in [1.807, 2.05) is 4.90 Å². The van der Waals surface area contributed by atoms with Crippen LogP contribution in [0.1, 0.15) is 44.1 Å². The largest absolute Gasteiger partial charge is 0.337 e. The van der Waals surface area contributed by atoms with Crippen LogP contribution in [0.4, 0.5) is 5.82 Å². The summed E-state index contributed by atoms with van der Waals surface area (Å²) in [4.78, 5) is 14.2. The monoisotopic (exact) mass is 277 g/mol. The Balaban J connectivity index is 1.97.